The molecule has 1 N–H and O–H groups in total. The fourth-order valence-corrected chi connectivity index (χ4v) is 3.00. The van der Waals surface area contributed by atoms with Gasteiger partial charge in [-0.1, -0.05) is 30.3 Å². The Morgan fingerprint density at radius 2 is 1.64 bits per heavy atom. The number of piperazine rings is 1. The third-order valence-corrected chi connectivity index (χ3v) is 4.48. The molecule has 1 fully saturated rings. The van der Waals surface area contributed by atoms with E-state index in [-0.39, 0.29) is 12.6 Å². The zero-order valence-corrected chi connectivity index (χ0v) is 16.0. The first-order valence-electron chi connectivity index (χ1n) is 9.41. The second kappa shape index (κ2) is 9.75. The molecule has 7 heteroatoms. The third-order valence-electron chi connectivity index (χ3n) is 4.48. The lowest BCUT2D eigenvalue weighted by Gasteiger charge is -2.34. The molecule has 1 saturated heterocycles. The molecule has 148 valence electrons. The van der Waals surface area contributed by atoms with Gasteiger partial charge < -0.3 is 19.7 Å². The molecule has 0 radical (unpaired) electrons. The van der Waals surface area contributed by atoms with E-state index in [9.17, 15) is 9.59 Å². The van der Waals surface area contributed by atoms with Crippen molar-refractivity contribution < 1.29 is 19.1 Å². The van der Waals surface area contributed by atoms with Gasteiger partial charge in [-0.15, -0.1) is 0 Å². The lowest BCUT2D eigenvalue weighted by molar-refractivity contribution is 0.104. The van der Waals surface area contributed by atoms with Gasteiger partial charge in [0.2, 0.25) is 0 Å². The van der Waals surface area contributed by atoms with E-state index in [1.165, 1.54) is 5.56 Å². The first-order valence-corrected chi connectivity index (χ1v) is 9.41. The molecule has 3 rings (SSSR count). The first kappa shape index (κ1) is 19.7. The number of anilines is 1. The Hall–Kier alpha value is -3.06. The summed E-state index contributed by atoms with van der Waals surface area (Å²) in [4.78, 5) is 27.9. The highest BCUT2D eigenvalue weighted by molar-refractivity contribution is 5.89. The molecule has 1 aliphatic heterocycles. The molecule has 0 saturated carbocycles. The topological polar surface area (TPSA) is 71.1 Å². The minimum Gasteiger partial charge on any atom is -0.434 e. The van der Waals surface area contributed by atoms with Crippen LogP contribution in [0.1, 0.15) is 12.5 Å². The largest absolute Gasteiger partial charge is 0.513 e. The van der Waals surface area contributed by atoms with Crippen molar-refractivity contribution >= 4 is 17.9 Å². The van der Waals surface area contributed by atoms with Crippen LogP contribution >= 0.6 is 0 Å². The summed E-state index contributed by atoms with van der Waals surface area (Å²) in [5, 5.41) is 2.88. The van der Waals surface area contributed by atoms with Crippen molar-refractivity contribution in [1.82, 2.24) is 9.80 Å². The monoisotopic (exact) mass is 383 g/mol. The average molecular weight is 383 g/mol. The normalized spacial score (nSPS) is 14.4. The van der Waals surface area contributed by atoms with E-state index >= 15 is 0 Å². The third kappa shape index (κ3) is 5.72. The molecule has 0 aromatic heterocycles. The Bertz CT molecular complexity index is 772. The maximum absolute atomic E-state index is 12.5. The lowest BCUT2D eigenvalue weighted by Crippen LogP contribution is -2.49. The number of rotatable bonds is 5. The van der Waals surface area contributed by atoms with Crippen molar-refractivity contribution in [1.29, 1.82) is 0 Å². The number of hydrogen-bond acceptors (Lipinski definition) is 5. The second-order valence-corrected chi connectivity index (χ2v) is 6.49. The highest BCUT2D eigenvalue weighted by atomic mass is 16.7. The van der Waals surface area contributed by atoms with Crippen molar-refractivity contribution in [3.63, 3.8) is 0 Å². The van der Waals surface area contributed by atoms with Crippen LogP contribution < -0.4 is 10.1 Å². The van der Waals surface area contributed by atoms with Crippen LogP contribution in [-0.4, -0.2) is 54.8 Å². The first-order chi connectivity index (χ1) is 13.6. The predicted molar refractivity (Wildman–Crippen MR) is 106 cm³/mol. The van der Waals surface area contributed by atoms with Crippen LogP contribution in [0.4, 0.5) is 15.3 Å². The van der Waals surface area contributed by atoms with E-state index in [1.807, 2.05) is 23.1 Å². The highest BCUT2D eigenvalue weighted by Gasteiger charge is 2.21. The van der Waals surface area contributed by atoms with Gasteiger partial charge in [0, 0.05) is 38.4 Å². The second-order valence-electron chi connectivity index (χ2n) is 6.49. The van der Waals surface area contributed by atoms with Crippen molar-refractivity contribution in [2.75, 3.05) is 38.1 Å². The Morgan fingerprint density at radius 3 is 2.29 bits per heavy atom. The molecule has 0 atom stereocenters. The standard InChI is InChI=1S/C21H25N3O4/c1-2-27-21(26)28-19-10-8-18(9-11-19)22-20(25)24-14-12-23(13-15-24)16-17-6-4-3-5-7-17/h3-11H,2,12-16H2,1H3,(H,22,25). The maximum atomic E-state index is 12.5. The van der Waals surface area contributed by atoms with Crippen molar-refractivity contribution in [2.45, 2.75) is 13.5 Å². The molecular weight excluding hydrogens is 358 g/mol. The van der Waals surface area contributed by atoms with Crippen LogP contribution in [0.5, 0.6) is 5.75 Å². The number of amides is 2. The van der Waals surface area contributed by atoms with Gasteiger partial charge in [0.15, 0.2) is 0 Å². The van der Waals surface area contributed by atoms with Gasteiger partial charge in [0.05, 0.1) is 6.61 Å². The molecular formula is C21H25N3O4. The van der Waals surface area contributed by atoms with Crippen LogP contribution in [0.15, 0.2) is 54.6 Å². The lowest BCUT2D eigenvalue weighted by atomic mass is 10.2. The van der Waals surface area contributed by atoms with Gasteiger partial charge in [0.25, 0.3) is 0 Å². The fraction of sp³-hybridized carbons (Fsp3) is 0.333. The predicted octanol–water partition coefficient (Wildman–Crippen LogP) is 3.57. The molecule has 2 amide bonds. The van der Waals surface area contributed by atoms with Crippen molar-refractivity contribution in [2.24, 2.45) is 0 Å². The quantitative estimate of drug-likeness (QED) is 0.631. The molecule has 0 spiro atoms. The summed E-state index contributed by atoms with van der Waals surface area (Å²) >= 11 is 0. The zero-order valence-electron chi connectivity index (χ0n) is 16.0. The van der Waals surface area contributed by atoms with Gasteiger partial charge in [-0.2, -0.15) is 0 Å². The summed E-state index contributed by atoms with van der Waals surface area (Å²) in [5.41, 5.74) is 1.93. The molecule has 0 unspecified atom stereocenters. The number of benzene rings is 2. The molecule has 0 aliphatic carbocycles. The van der Waals surface area contributed by atoms with Crippen LogP contribution in [0, 0.1) is 0 Å². The number of carbonyl (C=O) groups excluding carboxylic acids is 2. The number of urea groups is 1. The molecule has 1 aliphatic rings. The van der Waals surface area contributed by atoms with Gasteiger partial charge in [-0.25, -0.2) is 9.59 Å². The minimum atomic E-state index is -0.743. The number of carbonyl (C=O) groups is 2. The van der Waals surface area contributed by atoms with E-state index in [1.54, 1.807) is 31.2 Å². The van der Waals surface area contributed by atoms with Crippen LogP contribution in [0.2, 0.25) is 0 Å². The van der Waals surface area contributed by atoms with Crippen molar-refractivity contribution in [3.8, 4) is 5.75 Å². The minimum absolute atomic E-state index is 0.126. The Balaban J connectivity index is 1.44. The van der Waals surface area contributed by atoms with Gasteiger partial charge in [-0.05, 0) is 36.8 Å². The number of nitrogens with zero attached hydrogens (tertiary/aromatic N) is 2. The summed E-state index contributed by atoms with van der Waals surface area (Å²) in [6, 6.07) is 16.8. The average Bonchev–Trinajstić information content (AvgIpc) is 2.71. The SMILES string of the molecule is CCOC(=O)Oc1ccc(NC(=O)N2CCN(Cc3ccccc3)CC2)cc1. The molecule has 2 aromatic rings. The van der Waals surface area contributed by atoms with Crippen LogP contribution in [0.3, 0.4) is 0 Å². The van der Waals surface area contributed by atoms with Gasteiger partial charge >= 0.3 is 12.2 Å². The van der Waals surface area contributed by atoms with Crippen LogP contribution in [-0.2, 0) is 11.3 Å². The maximum Gasteiger partial charge on any atom is 0.513 e. The van der Waals surface area contributed by atoms with E-state index in [2.05, 4.69) is 22.3 Å². The van der Waals surface area contributed by atoms with E-state index in [4.69, 9.17) is 9.47 Å². The van der Waals surface area contributed by atoms with E-state index in [0.717, 1.165) is 19.6 Å². The Kier molecular flexibility index (Phi) is 6.86. The highest BCUT2D eigenvalue weighted by Crippen LogP contribution is 2.17. The summed E-state index contributed by atoms with van der Waals surface area (Å²) in [7, 11) is 0. The van der Waals surface area contributed by atoms with E-state index < -0.39 is 6.16 Å². The smallest absolute Gasteiger partial charge is 0.434 e. The summed E-state index contributed by atoms with van der Waals surface area (Å²) in [6.45, 7) is 5.92. The zero-order chi connectivity index (χ0) is 19.8. The number of nitrogens with one attached hydrogen (secondary N) is 1. The number of hydrogen-bond donors (Lipinski definition) is 1. The van der Waals surface area contributed by atoms with Crippen LogP contribution in [0.25, 0.3) is 0 Å². The van der Waals surface area contributed by atoms with Gasteiger partial charge in [-0.3, -0.25) is 4.90 Å². The molecule has 28 heavy (non-hydrogen) atoms. The van der Waals surface area contributed by atoms with E-state index in [0.29, 0.717) is 24.5 Å². The molecule has 2 aromatic carbocycles. The summed E-state index contributed by atoms with van der Waals surface area (Å²) in [6.07, 6.45) is -0.743. The molecule has 7 nitrogen and oxygen atoms in total. The number of ether oxygens (including phenoxy) is 2. The van der Waals surface area contributed by atoms with Gasteiger partial charge in [0.1, 0.15) is 5.75 Å². The Morgan fingerprint density at radius 1 is 0.964 bits per heavy atom. The summed E-state index contributed by atoms with van der Waals surface area (Å²) in [5.74, 6) is 0.367. The summed E-state index contributed by atoms with van der Waals surface area (Å²) < 4.78 is 9.73. The Labute approximate surface area is 164 Å². The molecule has 1 heterocycles. The molecule has 0 bridgehead atoms. The fourth-order valence-electron chi connectivity index (χ4n) is 3.00. The van der Waals surface area contributed by atoms with Crippen molar-refractivity contribution in [3.05, 3.63) is 60.2 Å².